The average molecular weight is 421 g/mol. The second-order valence-electron chi connectivity index (χ2n) is 9.19. The zero-order valence-corrected chi connectivity index (χ0v) is 19.1. The van der Waals surface area contributed by atoms with Crippen LogP contribution in [0.25, 0.3) is 17.2 Å². The Kier molecular flexibility index (Phi) is 8.34. The van der Waals surface area contributed by atoms with Crippen LogP contribution in [0, 0.1) is 17.8 Å². The summed E-state index contributed by atoms with van der Waals surface area (Å²) in [4.78, 5) is 10.7. The van der Waals surface area contributed by atoms with Crippen molar-refractivity contribution in [2.45, 2.75) is 58.8 Å². The Morgan fingerprint density at radius 3 is 2.35 bits per heavy atom. The number of hydrogen-bond acceptors (Lipinski definition) is 2. The Hall–Kier alpha value is -2.55. The van der Waals surface area contributed by atoms with E-state index in [4.69, 9.17) is 9.84 Å². The van der Waals surface area contributed by atoms with Crippen LogP contribution < -0.4 is 4.74 Å². The van der Waals surface area contributed by atoms with Gasteiger partial charge in [-0.2, -0.15) is 0 Å². The Morgan fingerprint density at radius 1 is 1.03 bits per heavy atom. The molecule has 2 aromatic carbocycles. The molecule has 31 heavy (non-hydrogen) atoms. The van der Waals surface area contributed by atoms with Gasteiger partial charge in [0.2, 0.25) is 0 Å². The number of carboxylic acids is 1. The highest BCUT2D eigenvalue weighted by molar-refractivity contribution is 5.85. The van der Waals surface area contributed by atoms with E-state index in [2.05, 4.69) is 32.0 Å². The standard InChI is InChI=1S/C28H36O3/c1-4-5-22-16-20(2)17-23(18-22)8-12-26-19-25(13-14-27(26)31-3)24-10-6-21(7-11-24)9-15-28(29)30/h6-7,9-11,13-15,19-20,22-23H,4-5,8,12,16-18H2,1-3H3,(H,29,30)/b15-9+. The van der Waals surface area contributed by atoms with Gasteiger partial charge in [0, 0.05) is 6.08 Å². The summed E-state index contributed by atoms with van der Waals surface area (Å²) in [5.74, 6) is 2.60. The van der Waals surface area contributed by atoms with Crippen molar-refractivity contribution >= 4 is 12.0 Å². The van der Waals surface area contributed by atoms with Crippen LogP contribution in [-0.4, -0.2) is 18.2 Å². The molecule has 1 aliphatic carbocycles. The van der Waals surface area contributed by atoms with Crippen molar-refractivity contribution < 1.29 is 14.6 Å². The maximum Gasteiger partial charge on any atom is 0.328 e. The van der Waals surface area contributed by atoms with Gasteiger partial charge in [-0.15, -0.1) is 0 Å². The molecule has 0 radical (unpaired) electrons. The fourth-order valence-corrected chi connectivity index (χ4v) is 5.25. The molecule has 1 saturated carbocycles. The molecule has 3 heteroatoms. The summed E-state index contributed by atoms with van der Waals surface area (Å²) in [6.45, 7) is 4.73. The third kappa shape index (κ3) is 6.72. The van der Waals surface area contributed by atoms with Gasteiger partial charge in [0.1, 0.15) is 5.75 Å². The Balaban J connectivity index is 1.71. The molecule has 0 saturated heterocycles. The fraction of sp³-hybridized carbons (Fsp3) is 0.464. The number of carboxylic acid groups (broad SMARTS) is 1. The Morgan fingerprint density at radius 2 is 1.71 bits per heavy atom. The molecule has 2 aromatic rings. The zero-order chi connectivity index (χ0) is 22.2. The van der Waals surface area contributed by atoms with E-state index in [9.17, 15) is 4.79 Å². The summed E-state index contributed by atoms with van der Waals surface area (Å²) in [7, 11) is 1.75. The van der Waals surface area contributed by atoms with E-state index in [-0.39, 0.29) is 0 Å². The van der Waals surface area contributed by atoms with Crippen LogP contribution in [0.2, 0.25) is 0 Å². The third-order valence-corrected chi connectivity index (χ3v) is 6.60. The van der Waals surface area contributed by atoms with Gasteiger partial charge < -0.3 is 9.84 Å². The van der Waals surface area contributed by atoms with Gasteiger partial charge in [-0.25, -0.2) is 4.79 Å². The van der Waals surface area contributed by atoms with Crippen LogP contribution in [0.5, 0.6) is 5.75 Å². The number of aliphatic carboxylic acids is 1. The van der Waals surface area contributed by atoms with E-state index in [0.29, 0.717) is 0 Å². The summed E-state index contributed by atoms with van der Waals surface area (Å²) in [5.41, 5.74) is 4.46. The van der Waals surface area contributed by atoms with E-state index in [1.165, 1.54) is 49.7 Å². The summed E-state index contributed by atoms with van der Waals surface area (Å²) < 4.78 is 5.67. The largest absolute Gasteiger partial charge is 0.496 e. The van der Waals surface area contributed by atoms with Gasteiger partial charge in [-0.1, -0.05) is 57.0 Å². The SMILES string of the molecule is CCCC1CC(C)CC(CCc2cc(-c3ccc(/C=C/C(=O)O)cc3)ccc2OC)C1. The lowest BCUT2D eigenvalue weighted by molar-refractivity contribution is -0.131. The highest BCUT2D eigenvalue weighted by Crippen LogP contribution is 2.38. The minimum atomic E-state index is -0.933. The molecule has 0 amide bonds. The van der Waals surface area contributed by atoms with Crippen molar-refractivity contribution in [1.29, 1.82) is 0 Å². The van der Waals surface area contributed by atoms with E-state index in [1.54, 1.807) is 13.2 Å². The summed E-state index contributed by atoms with van der Waals surface area (Å²) in [5, 5.41) is 8.79. The topological polar surface area (TPSA) is 46.5 Å². The lowest BCUT2D eigenvalue weighted by atomic mass is 9.72. The monoisotopic (exact) mass is 420 g/mol. The quantitative estimate of drug-likeness (QED) is 0.435. The van der Waals surface area contributed by atoms with Crippen LogP contribution in [-0.2, 0) is 11.2 Å². The predicted octanol–water partition coefficient (Wildman–Crippen LogP) is 7.25. The van der Waals surface area contributed by atoms with E-state index < -0.39 is 5.97 Å². The van der Waals surface area contributed by atoms with E-state index in [1.807, 2.05) is 24.3 Å². The van der Waals surface area contributed by atoms with Crippen LogP contribution in [0.15, 0.2) is 48.5 Å². The first-order valence-electron chi connectivity index (χ1n) is 11.7. The van der Waals surface area contributed by atoms with E-state index >= 15 is 0 Å². The van der Waals surface area contributed by atoms with Gasteiger partial charge in [0.15, 0.2) is 0 Å². The molecule has 0 aromatic heterocycles. The summed E-state index contributed by atoms with van der Waals surface area (Å²) in [6, 6.07) is 14.4. The first-order chi connectivity index (χ1) is 15.0. The molecule has 3 nitrogen and oxygen atoms in total. The Bertz CT molecular complexity index is 882. The Labute approximate surface area is 187 Å². The summed E-state index contributed by atoms with van der Waals surface area (Å²) >= 11 is 0. The first kappa shape index (κ1) is 23.1. The predicted molar refractivity (Wildman–Crippen MR) is 128 cm³/mol. The van der Waals surface area contributed by atoms with Gasteiger partial charge >= 0.3 is 5.97 Å². The first-order valence-corrected chi connectivity index (χ1v) is 11.7. The van der Waals surface area contributed by atoms with Crippen molar-refractivity contribution in [2.75, 3.05) is 7.11 Å². The minimum absolute atomic E-state index is 0.814. The number of rotatable bonds is 9. The molecule has 0 bridgehead atoms. The minimum Gasteiger partial charge on any atom is -0.496 e. The van der Waals surface area contributed by atoms with Crippen LogP contribution in [0.4, 0.5) is 0 Å². The highest BCUT2D eigenvalue weighted by atomic mass is 16.5. The number of carbonyl (C=O) groups is 1. The third-order valence-electron chi connectivity index (χ3n) is 6.60. The number of hydrogen-bond donors (Lipinski definition) is 1. The normalized spacial score (nSPS) is 21.3. The number of methoxy groups -OCH3 is 1. The van der Waals surface area contributed by atoms with Gasteiger partial charge in [-0.05, 0) is 90.3 Å². The second-order valence-corrected chi connectivity index (χ2v) is 9.19. The number of benzene rings is 2. The lowest BCUT2D eigenvalue weighted by Crippen LogP contribution is -2.21. The molecule has 3 unspecified atom stereocenters. The number of ether oxygens (including phenoxy) is 1. The number of aryl methyl sites for hydroxylation is 1. The molecule has 0 heterocycles. The zero-order valence-electron chi connectivity index (χ0n) is 19.1. The lowest BCUT2D eigenvalue weighted by Gasteiger charge is -2.33. The van der Waals surface area contributed by atoms with Crippen molar-refractivity contribution in [3.8, 4) is 16.9 Å². The van der Waals surface area contributed by atoms with Crippen LogP contribution >= 0.6 is 0 Å². The molecule has 3 atom stereocenters. The van der Waals surface area contributed by atoms with Crippen LogP contribution in [0.3, 0.4) is 0 Å². The van der Waals surface area contributed by atoms with Crippen molar-refractivity contribution in [2.24, 2.45) is 17.8 Å². The second kappa shape index (κ2) is 11.2. The van der Waals surface area contributed by atoms with Crippen molar-refractivity contribution in [1.82, 2.24) is 0 Å². The van der Waals surface area contributed by atoms with Gasteiger partial charge in [0.05, 0.1) is 7.11 Å². The van der Waals surface area contributed by atoms with E-state index in [0.717, 1.165) is 47.1 Å². The van der Waals surface area contributed by atoms with Gasteiger partial charge in [0.25, 0.3) is 0 Å². The highest BCUT2D eigenvalue weighted by Gasteiger charge is 2.26. The van der Waals surface area contributed by atoms with Crippen LogP contribution in [0.1, 0.15) is 63.5 Å². The maximum atomic E-state index is 10.7. The smallest absolute Gasteiger partial charge is 0.328 e. The molecule has 0 spiro atoms. The molecule has 1 N–H and O–H groups in total. The molecule has 3 rings (SSSR count). The average Bonchev–Trinajstić information content (AvgIpc) is 2.76. The fourth-order valence-electron chi connectivity index (χ4n) is 5.25. The summed E-state index contributed by atoms with van der Waals surface area (Å²) in [6.07, 6.45) is 11.9. The molecule has 1 fully saturated rings. The van der Waals surface area contributed by atoms with Gasteiger partial charge in [-0.3, -0.25) is 0 Å². The van der Waals surface area contributed by atoms with Crippen molar-refractivity contribution in [3.63, 3.8) is 0 Å². The molecular weight excluding hydrogens is 384 g/mol. The molecule has 1 aliphatic rings. The molecule has 0 aliphatic heterocycles. The molecule has 166 valence electrons. The molecular formula is C28H36O3. The maximum absolute atomic E-state index is 10.7. The van der Waals surface area contributed by atoms with Crippen molar-refractivity contribution in [3.05, 3.63) is 59.7 Å².